The zero-order chi connectivity index (χ0) is 23.7. The molecular formula is C30H37NO. The molecule has 0 spiro atoms. The van der Waals surface area contributed by atoms with Crippen LogP contribution in [-0.4, -0.2) is 6.21 Å². The third-order valence-electron chi connectivity index (χ3n) is 5.95. The summed E-state index contributed by atoms with van der Waals surface area (Å²) in [4.78, 5) is 4.89. The van der Waals surface area contributed by atoms with Crippen molar-refractivity contribution in [3.8, 4) is 11.5 Å². The van der Waals surface area contributed by atoms with Crippen molar-refractivity contribution in [2.45, 2.75) is 73.1 Å². The van der Waals surface area contributed by atoms with Crippen LogP contribution in [0.5, 0.6) is 11.5 Å². The number of hydrogen-bond acceptors (Lipinski definition) is 2. The Morgan fingerprint density at radius 2 is 1.38 bits per heavy atom. The SMILES string of the molecule is Cc1cccc(C)c1Oc1ccccc1N=Cc1cc(C(C)(C)C)cc(C(C)(C)C)c1C. The molecule has 168 valence electrons. The van der Waals surface area contributed by atoms with Crippen LogP contribution < -0.4 is 4.74 Å². The van der Waals surface area contributed by atoms with E-state index in [0.29, 0.717) is 0 Å². The molecule has 0 aliphatic rings. The molecule has 0 saturated heterocycles. The Morgan fingerprint density at radius 3 is 1.97 bits per heavy atom. The van der Waals surface area contributed by atoms with Gasteiger partial charge in [-0.15, -0.1) is 0 Å². The van der Waals surface area contributed by atoms with Crippen molar-refractivity contribution >= 4 is 11.9 Å². The fourth-order valence-corrected chi connectivity index (χ4v) is 3.94. The third kappa shape index (κ3) is 5.30. The molecule has 0 fully saturated rings. The number of nitrogens with zero attached hydrogens (tertiary/aromatic N) is 1. The Labute approximate surface area is 194 Å². The second kappa shape index (κ2) is 8.94. The molecule has 0 radical (unpaired) electrons. The summed E-state index contributed by atoms with van der Waals surface area (Å²) in [6.45, 7) is 20.0. The molecule has 0 aromatic heterocycles. The van der Waals surface area contributed by atoms with Crippen molar-refractivity contribution in [1.82, 2.24) is 0 Å². The average Bonchev–Trinajstić information content (AvgIpc) is 2.69. The first-order valence-electron chi connectivity index (χ1n) is 11.4. The molecule has 2 heteroatoms. The lowest BCUT2D eigenvalue weighted by Gasteiger charge is -2.28. The molecule has 2 nitrogen and oxygen atoms in total. The lowest BCUT2D eigenvalue weighted by Crippen LogP contribution is -2.19. The first-order valence-corrected chi connectivity index (χ1v) is 11.4. The summed E-state index contributed by atoms with van der Waals surface area (Å²) in [7, 11) is 0. The zero-order valence-corrected chi connectivity index (χ0v) is 21.1. The number of aliphatic imine (C=N–C) groups is 1. The van der Waals surface area contributed by atoms with Crippen molar-refractivity contribution in [1.29, 1.82) is 0 Å². The number of benzene rings is 3. The minimum Gasteiger partial charge on any atom is -0.455 e. The standard InChI is InChI=1S/C30H37NO/c1-20-13-12-14-21(2)28(20)32-27-16-11-10-15-26(27)31-19-23-17-24(29(4,5)6)18-25(22(23)3)30(7,8)9/h10-19H,1-9H3. The summed E-state index contributed by atoms with van der Waals surface area (Å²) >= 11 is 0. The first-order chi connectivity index (χ1) is 14.9. The van der Waals surface area contributed by atoms with Gasteiger partial charge in [0.25, 0.3) is 0 Å². The van der Waals surface area contributed by atoms with Crippen LogP contribution in [0.1, 0.15) is 74.9 Å². The minimum absolute atomic E-state index is 0.0668. The Morgan fingerprint density at radius 1 is 0.750 bits per heavy atom. The van der Waals surface area contributed by atoms with Crippen LogP contribution in [0.4, 0.5) is 5.69 Å². The van der Waals surface area contributed by atoms with Crippen molar-refractivity contribution < 1.29 is 4.74 Å². The van der Waals surface area contributed by atoms with Crippen LogP contribution in [0.15, 0.2) is 59.6 Å². The van der Waals surface area contributed by atoms with E-state index in [9.17, 15) is 0 Å². The summed E-state index contributed by atoms with van der Waals surface area (Å²) in [5.41, 5.74) is 8.33. The maximum absolute atomic E-state index is 6.33. The van der Waals surface area contributed by atoms with Gasteiger partial charge in [-0.05, 0) is 83.2 Å². The number of para-hydroxylation sites is 3. The molecule has 0 heterocycles. The highest BCUT2D eigenvalue weighted by atomic mass is 16.5. The second-order valence-electron chi connectivity index (χ2n) is 10.8. The van der Waals surface area contributed by atoms with E-state index in [2.05, 4.69) is 92.6 Å². The number of aryl methyl sites for hydroxylation is 2. The molecule has 0 saturated carbocycles. The van der Waals surface area contributed by atoms with Crippen molar-refractivity contribution in [2.24, 2.45) is 4.99 Å². The van der Waals surface area contributed by atoms with E-state index in [1.807, 2.05) is 30.5 Å². The van der Waals surface area contributed by atoms with Crippen molar-refractivity contribution in [2.75, 3.05) is 0 Å². The molecule has 3 aromatic rings. The van der Waals surface area contributed by atoms with Gasteiger partial charge in [0.05, 0.1) is 0 Å². The van der Waals surface area contributed by atoms with Crippen LogP contribution in [0.25, 0.3) is 0 Å². The topological polar surface area (TPSA) is 21.6 Å². The van der Waals surface area contributed by atoms with E-state index in [-0.39, 0.29) is 10.8 Å². The summed E-state index contributed by atoms with van der Waals surface area (Å²) in [6.07, 6.45) is 1.99. The summed E-state index contributed by atoms with van der Waals surface area (Å²) in [5, 5.41) is 0. The van der Waals surface area contributed by atoms with E-state index in [4.69, 9.17) is 9.73 Å². The quantitative estimate of drug-likeness (QED) is 0.381. The molecule has 0 aliphatic heterocycles. The minimum atomic E-state index is 0.0668. The van der Waals surface area contributed by atoms with E-state index in [0.717, 1.165) is 33.9 Å². The van der Waals surface area contributed by atoms with Gasteiger partial charge in [0.1, 0.15) is 11.4 Å². The van der Waals surface area contributed by atoms with E-state index >= 15 is 0 Å². The Hall–Kier alpha value is -2.87. The highest BCUT2D eigenvalue weighted by Gasteiger charge is 2.23. The van der Waals surface area contributed by atoms with Crippen molar-refractivity contribution in [3.05, 3.63) is 88.0 Å². The summed E-state index contributed by atoms with van der Waals surface area (Å²) in [6, 6.07) is 18.8. The van der Waals surface area contributed by atoms with E-state index in [1.165, 1.54) is 16.7 Å². The van der Waals surface area contributed by atoms with Gasteiger partial charge in [0.2, 0.25) is 0 Å². The predicted octanol–water partition coefficient (Wildman–Crippen LogP) is 8.75. The largest absolute Gasteiger partial charge is 0.455 e. The highest BCUT2D eigenvalue weighted by Crippen LogP contribution is 2.36. The Kier molecular flexibility index (Phi) is 6.64. The molecule has 0 amide bonds. The lowest BCUT2D eigenvalue weighted by atomic mass is 9.77. The maximum Gasteiger partial charge on any atom is 0.153 e. The Bertz CT molecular complexity index is 1120. The van der Waals surface area contributed by atoms with Crippen LogP contribution in [0, 0.1) is 20.8 Å². The summed E-state index contributed by atoms with van der Waals surface area (Å²) < 4.78 is 6.33. The number of ether oxygens (including phenoxy) is 1. The molecule has 0 atom stereocenters. The molecule has 0 N–H and O–H groups in total. The van der Waals surface area contributed by atoms with Crippen LogP contribution in [0.3, 0.4) is 0 Å². The molecule has 3 aromatic carbocycles. The first kappa shape index (κ1) is 23.8. The van der Waals surface area contributed by atoms with Gasteiger partial charge >= 0.3 is 0 Å². The van der Waals surface area contributed by atoms with Gasteiger partial charge in [-0.25, -0.2) is 0 Å². The van der Waals surface area contributed by atoms with Gasteiger partial charge in [0, 0.05) is 6.21 Å². The second-order valence-corrected chi connectivity index (χ2v) is 10.8. The third-order valence-corrected chi connectivity index (χ3v) is 5.95. The lowest BCUT2D eigenvalue weighted by molar-refractivity contribution is 0.476. The highest BCUT2D eigenvalue weighted by molar-refractivity contribution is 5.85. The predicted molar refractivity (Wildman–Crippen MR) is 138 cm³/mol. The smallest absolute Gasteiger partial charge is 0.153 e. The van der Waals surface area contributed by atoms with Gasteiger partial charge in [-0.3, -0.25) is 4.99 Å². The van der Waals surface area contributed by atoms with Gasteiger partial charge in [-0.2, -0.15) is 0 Å². The maximum atomic E-state index is 6.33. The van der Waals surface area contributed by atoms with Gasteiger partial charge in [0.15, 0.2) is 5.75 Å². The summed E-state index contributed by atoms with van der Waals surface area (Å²) in [5.74, 6) is 1.66. The normalized spacial score (nSPS) is 12.4. The molecular weight excluding hydrogens is 390 g/mol. The van der Waals surface area contributed by atoms with Crippen LogP contribution >= 0.6 is 0 Å². The van der Waals surface area contributed by atoms with Crippen molar-refractivity contribution in [3.63, 3.8) is 0 Å². The monoisotopic (exact) mass is 427 g/mol. The molecule has 32 heavy (non-hydrogen) atoms. The van der Waals surface area contributed by atoms with Gasteiger partial charge in [-0.1, -0.05) is 77.9 Å². The van der Waals surface area contributed by atoms with Crippen LogP contribution in [-0.2, 0) is 10.8 Å². The molecule has 0 unspecified atom stereocenters. The number of rotatable bonds is 4. The van der Waals surface area contributed by atoms with Gasteiger partial charge < -0.3 is 4.74 Å². The van der Waals surface area contributed by atoms with Crippen LogP contribution in [0.2, 0.25) is 0 Å². The van der Waals surface area contributed by atoms with E-state index < -0.39 is 0 Å². The van der Waals surface area contributed by atoms with E-state index in [1.54, 1.807) is 0 Å². The Balaban J connectivity index is 2.05. The fourth-order valence-electron chi connectivity index (χ4n) is 3.94. The molecule has 3 rings (SSSR count). The fraction of sp³-hybridized carbons (Fsp3) is 0.367. The molecule has 0 aliphatic carbocycles. The zero-order valence-electron chi connectivity index (χ0n) is 21.1. The number of hydrogen-bond donors (Lipinski definition) is 0. The average molecular weight is 428 g/mol. The molecule has 0 bridgehead atoms.